The third-order valence-electron chi connectivity index (χ3n) is 4.07. The molecule has 0 spiro atoms. The molecule has 1 saturated heterocycles. The van der Waals surface area contributed by atoms with Crippen molar-refractivity contribution in [3.05, 3.63) is 22.7 Å². The topological polar surface area (TPSA) is 93.9 Å². The van der Waals surface area contributed by atoms with Gasteiger partial charge >= 0.3 is 6.09 Å². The van der Waals surface area contributed by atoms with Crippen LogP contribution >= 0.6 is 11.6 Å². The fourth-order valence-electron chi connectivity index (χ4n) is 2.72. The molecular formula is C18H25ClFN3O4. The number of amides is 2. The number of benzene rings is 1. The number of carbonyl (C=O) groups excluding carboxylic acids is 2. The van der Waals surface area contributed by atoms with Crippen molar-refractivity contribution in [1.29, 1.82) is 0 Å². The van der Waals surface area contributed by atoms with Crippen molar-refractivity contribution in [2.24, 2.45) is 0 Å². The van der Waals surface area contributed by atoms with Gasteiger partial charge in [0.2, 0.25) is 0 Å². The van der Waals surface area contributed by atoms with Crippen LogP contribution in [-0.4, -0.2) is 54.9 Å². The monoisotopic (exact) mass is 401 g/mol. The number of likely N-dealkylation sites (tertiary alicyclic amines) is 1. The zero-order chi connectivity index (χ0) is 20.4. The summed E-state index contributed by atoms with van der Waals surface area (Å²) in [4.78, 5) is 25.9. The van der Waals surface area contributed by atoms with Crippen LogP contribution in [0.3, 0.4) is 0 Å². The number of alkyl halides is 1. The maximum absolute atomic E-state index is 14.6. The van der Waals surface area contributed by atoms with E-state index in [1.807, 2.05) is 0 Å². The first-order valence-corrected chi connectivity index (χ1v) is 8.95. The van der Waals surface area contributed by atoms with Crippen molar-refractivity contribution in [2.45, 2.75) is 45.0 Å². The van der Waals surface area contributed by atoms with E-state index in [0.717, 1.165) is 0 Å². The Balaban J connectivity index is 2.02. The van der Waals surface area contributed by atoms with Gasteiger partial charge in [-0.3, -0.25) is 4.79 Å². The van der Waals surface area contributed by atoms with Gasteiger partial charge in [-0.25, -0.2) is 9.18 Å². The van der Waals surface area contributed by atoms with Crippen LogP contribution in [0.15, 0.2) is 12.1 Å². The van der Waals surface area contributed by atoms with Crippen LogP contribution in [0.5, 0.6) is 5.75 Å². The predicted molar refractivity (Wildman–Crippen MR) is 101 cm³/mol. The molecule has 0 bridgehead atoms. The molecule has 0 unspecified atom stereocenters. The average molecular weight is 402 g/mol. The van der Waals surface area contributed by atoms with Gasteiger partial charge in [0.05, 0.1) is 36.0 Å². The van der Waals surface area contributed by atoms with E-state index in [0.29, 0.717) is 0 Å². The smallest absolute Gasteiger partial charge is 0.410 e. The van der Waals surface area contributed by atoms with Crippen molar-refractivity contribution in [1.82, 2.24) is 10.2 Å². The lowest BCUT2D eigenvalue weighted by Crippen LogP contribution is -2.54. The zero-order valence-corrected chi connectivity index (χ0v) is 16.6. The number of nitrogens with zero attached hydrogens (tertiary/aromatic N) is 1. The predicted octanol–water partition coefficient (Wildman–Crippen LogP) is 3.01. The van der Waals surface area contributed by atoms with E-state index < -0.39 is 29.8 Å². The number of nitrogens with two attached hydrogens (primary N) is 1. The Morgan fingerprint density at radius 1 is 1.37 bits per heavy atom. The molecule has 1 aliphatic rings. The molecule has 3 N–H and O–H groups in total. The number of halogens is 2. The van der Waals surface area contributed by atoms with Crippen LogP contribution in [0.2, 0.25) is 5.02 Å². The van der Waals surface area contributed by atoms with Crippen LogP contribution in [0.4, 0.5) is 14.9 Å². The molecule has 0 radical (unpaired) electrons. The molecule has 0 aliphatic carbocycles. The summed E-state index contributed by atoms with van der Waals surface area (Å²) in [5.74, 6) is -0.275. The molecule has 2 amide bonds. The molecule has 1 aromatic carbocycles. The molecule has 7 nitrogen and oxygen atoms in total. The number of nitrogens with one attached hydrogen (secondary N) is 1. The summed E-state index contributed by atoms with van der Waals surface area (Å²) in [6, 6.07) is 2.08. The molecule has 1 aromatic rings. The van der Waals surface area contributed by atoms with Gasteiger partial charge < -0.3 is 25.4 Å². The summed E-state index contributed by atoms with van der Waals surface area (Å²) in [5, 5.41) is 2.85. The Bertz CT molecular complexity index is 723. The number of rotatable bonds is 3. The van der Waals surface area contributed by atoms with Gasteiger partial charge in [0.1, 0.15) is 17.5 Å². The van der Waals surface area contributed by atoms with Crippen molar-refractivity contribution < 1.29 is 23.5 Å². The molecule has 0 aromatic heterocycles. The molecule has 0 saturated carbocycles. The van der Waals surface area contributed by atoms with E-state index in [2.05, 4.69) is 5.32 Å². The second-order valence-electron chi connectivity index (χ2n) is 7.38. The number of methoxy groups -OCH3 is 1. The normalized spacial score (nSPS) is 20.1. The lowest BCUT2D eigenvalue weighted by Gasteiger charge is -2.35. The van der Waals surface area contributed by atoms with Gasteiger partial charge in [-0.05, 0) is 33.3 Å². The molecule has 2 atom stereocenters. The van der Waals surface area contributed by atoms with Gasteiger partial charge in [0.25, 0.3) is 5.91 Å². The minimum absolute atomic E-state index is 0.153. The number of piperidine rings is 1. The summed E-state index contributed by atoms with van der Waals surface area (Å²) in [6.07, 6.45) is -1.73. The Morgan fingerprint density at radius 2 is 2.04 bits per heavy atom. The highest BCUT2D eigenvalue weighted by Gasteiger charge is 2.35. The highest BCUT2D eigenvalue weighted by Crippen LogP contribution is 2.29. The van der Waals surface area contributed by atoms with Crippen LogP contribution < -0.4 is 15.8 Å². The molecule has 27 heavy (non-hydrogen) atoms. The first kappa shape index (κ1) is 21.1. The second-order valence-corrected chi connectivity index (χ2v) is 7.79. The third kappa shape index (κ3) is 5.38. The molecule has 9 heteroatoms. The van der Waals surface area contributed by atoms with Crippen LogP contribution in [0.25, 0.3) is 0 Å². The summed E-state index contributed by atoms with van der Waals surface area (Å²) < 4.78 is 25.0. The first-order chi connectivity index (χ1) is 12.5. The van der Waals surface area contributed by atoms with E-state index in [1.54, 1.807) is 20.8 Å². The van der Waals surface area contributed by atoms with Gasteiger partial charge in [-0.1, -0.05) is 11.6 Å². The Kier molecular flexibility index (Phi) is 6.41. The maximum atomic E-state index is 14.6. The van der Waals surface area contributed by atoms with E-state index >= 15 is 0 Å². The highest BCUT2D eigenvalue weighted by atomic mass is 35.5. The van der Waals surface area contributed by atoms with Crippen LogP contribution in [0.1, 0.15) is 37.6 Å². The van der Waals surface area contributed by atoms with Crippen molar-refractivity contribution >= 4 is 29.3 Å². The quantitative estimate of drug-likeness (QED) is 0.759. The van der Waals surface area contributed by atoms with Crippen molar-refractivity contribution in [2.75, 3.05) is 25.9 Å². The van der Waals surface area contributed by atoms with Gasteiger partial charge in [0.15, 0.2) is 0 Å². The molecule has 150 valence electrons. The lowest BCUT2D eigenvalue weighted by molar-refractivity contribution is 0.00972. The summed E-state index contributed by atoms with van der Waals surface area (Å²) >= 11 is 5.97. The average Bonchev–Trinajstić information content (AvgIpc) is 2.56. The second kappa shape index (κ2) is 8.21. The Hall–Kier alpha value is -2.22. The standard InChI is InChI=1S/C18H25ClFN3O4/c1-18(2,3)27-17(25)23-6-5-14(12(20)9-23)22-16(24)10-7-11(19)13(21)8-15(10)26-4/h7-8,12,14H,5-6,9,21H2,1-4H3,(H,22,24)/t12-,14+/m1/s1. The maximum Gasteiger partial charge on any atom is 0.410 e. The number of anilines is 1. The Morgan fingerprint density at radius 3 is 2.59 bits per heavy atom. The minimum Gasteiger partial charge on any atom is -0.496 e. The molecule has 1 fully saturated rings. The fraction of sp³-hybridized carbons (Fsp3) is 0.556. The fourth-order valence-corrected chi connectivity index (χ4v) is 2.88. The summed E-state index contributed by atoms with van der Waals surface area (Å²) in [5.41, 5.74) is 5.49. The number of ether oxygens (including phenoxy) is 2. The first-order valence-electron chi connectivity index (χ1n) is 8.57. The Labute approximate surface area is 162 Å². The molecular weight excluding hydrogens is 377 g/mol. The molecule has 1 heterocycles. The van der Waals surface area contributed by atoms with Gasteiger partial charge in [0, 0.05) is 12.6 Å². The van der Waals surface area contributed by atoms with E-state index in [9.17, 15) is 14.0 Å². The van der Waals surface area contributed by atoms with E-state index in [1.165, 1.54) is 24.1 Å². The van der Waals surface area contributed by atoms with Crippen LogP contribution in [0, 0.1) is 0 Å². The van der Waals surface area contributed by atoms with Crippen molar-refractivity contribution in [3.8, 4) is 5.75 Å². The van der Waals surface area contributed by atoms with E-state index in [4.69, 9.17) is 26.8 Å². The summed E-state index contributed by atoms with van der Waals surface area (Å²) in [7, 11) is 1.40. The third-order valence-corrected chi connectivity index (χ3v) is 4.40. The SMILES string of the molecule is COc1cc(N)c(Cl)cc1C(=O)N[C@H]1CCN(C(=O)OC(C)(C)C)C[C@H]1F. The van der Waals surface area contributed by atoms with Crippen molar-refractivity contribution in [3.63, 3.8) is 0 Å². The number of hydrogen-bond acceptors (Lipinski definition) is 5. The zero-order valence-electron chi connectivity index (χ0n) is 15.8. The largest absolute Gasteiger partial charge is 0.496 e. The highest BCUT2D eigenvalue weighted by molar-refractivity contribution is 6.33. The molecule has 2 rings (SSSR count). The van der Waals surface area contributed by atoms with E-state index in [-0.39, 0.29) is 41.5 Å². The summed E-state index contributed by atoms with van der Waals surface area (Å²) in [6.45, 7) is 5.36. The van der Waals surface area contributed by atoms with Gasteiger partial charge in [-0.2, -0.15) is 0 Å². The lowest BCUT2D eigenvalue weighted by atomic mass is 10.0. The van der Waals surface area contributed by atoms with Crippen LogP contribution in [-0.2, 0) is 4.74 Å². The number of nitrogen functional groups attached to an aromatic ring is 1. The number of carbonyl (C=O) groups is 2. The number of hydrogen-bond donors (Lipinski definition) is 2. The van der Waals surface area contributed by atoms with Gasteiger partial charge in [-0.15, -0.1) is 0 Å². The minimum atomic E-state index is -1.43. The molecule has 1 aliphatic heterocycles.